The van der Waals surface area contributed by atoms with Gasteiger partial charge in [-0.2, -0.15) is 4.31 Å². The minimum atomic E-state index is -3.76. The van der Waals surface area contributed by atoms with Crippen LogP contribution in [0.2, 0.25) is 0 Å². The standard InChI is InChI=1S/C16H22N4O5S/c1-16(14(21)18-15(22)19-16)12-8-11(4-5-13(12)25-3)26(23,24)20(2)10-6-7-17-9-10/h4-5,8,10,17H,6-7,9H2,1-3H3,(H2,18,19,21,22). The molecule has 0 radical (unpaired) electrons. The van der Waals surface area contributed by atoms with Crippen molar-refractivity contribution in [3.63, 3.8) is 0 Å². The molecule has 2 aliphatic heterocycles. The van der Waals surface area contributed by atoms with Gasteiger partial charge in [-0.25, -0.2) is 13.2 Å². The Balaban J connectivity index is 2.05. The van der Waals surface area contributed by atoms with Crippen molar-refractivity contribution in [2.24, 2.45) is 0 Å². The number of urea groups is 1. The third kappa shape index (κ3) is 2.93. The Morgan fingerprint density at radius 1 is 1.31 bits per heavy atom. The van der Waals surface area contributed by atoms with Gasteiger partial charge in [-0.3, -0.25) is 10.1 Å². The topological polar surface area (TPSA) is 117 Å². The van der Waals surface area contributed by atoms with Gasteiger partial charge < -0.3 is 15.4 Å². The number of sulfonamides is 1. The Morgan fingerprint density at radius 2 is 2.04 bits per heavy atom. The Hall–Kier alpha value is -2.17. The van der Waals surface area contributed by atoms with Crippen LogP contribution in [0.4, 0.5) is 4.79 Å². The molecule has 1 aromatic rings. The number of benzene rings is 1. The second kappa shape index (κ2) is 6.53. The molecule has 26 heavy (non-hydrogen) atoms. The summed E-state index contributed by atoms with van der Waals surface area (Å²) in [5.74, 6) is -0.252. The molecule has 142 valence electrons. The number of likely N-dealkylation sites (N-methyl/N-ethyl adjacent to an activating group) is 1. The molecule has 2 fully saturated rings. The number of methoxy groups -OCH3 is 1. The molecule has 2 saturated heterocycles. The van der Waals surface area contributed by atoms with Crippen LogP contribution in [0.15, 0.2) is 23.1 Å². The van der Waals surface area contributed by atoms with Crippen LogP contribution in [0.5, 0.6) is 5.75 Å². The zero-order valence-electron chi connectivity index (χ0n) is 14.8. The molecule has 3 amide bonds. The fraction of sp³-hybridized carbons (Fsp3) is 0.500. The second-order valence-corrected chi connectivity index (χ2v) is 8.56. The number of rotatable bonds is 5. The van der Waals surface area contributed by atoms with E-state index in [0.717, 1.165) is 13.0 Å². The van der Waals surface area contributed by atoms with Crippen LogP contribution in [0.1, 0.15) is 18.9 Å². The van der Waals surface area contributed by atoms with E-state index in [1.807, 2.05) is 0 Å². The summed E-state index contributed by atoms with van der Waals surface area (Å²) >= 11 is 0. The highest BCUT2D eigenvalue weighted by Crippen LogP contribution is 2.35. The van der Waals surface area contributed by atoms with Crippen LogP contribution in [-0.4, -0.2) is 58.0 Å². The maximum Gasteiger partial charge on any atom is 0.322 e. The summed E-state index contributed by atoms with van der Waals surface area (Å²) < 4.78 is 32.6. The number of carbonyl (C=O) groups excluding carboxylic acids is 2. The van der Waals surface area contributed by atoms with E-state index in [0.29, 0.717) is 12.3 Å². The zero-order valence-corrected chi connectivity index (χ0v) is 15.6. The lowest BCUT2D eigenvalue weighted by Gasteiger charge is -2.26. The minimum absolute atomic E-state index is 0.0397. The van der Waals surface area contributed by atoms with Crippen molar-refractivity contribution in [1.29, 1.82) is 0 Å². The first kappa shape index (κ1) is 18.6. The maximum absolute atomic E-state index is 13.0. The van der Waals surface area contributed by atoms with Gasteiger partial charge in [0.25, 0.3) is 5.91 Å². The summed E-state index contributed by atoms with van der Waals surface area (Å²) in [6, 6.07) is 3.55. The number of nitrogens with zero attached hydrogens (tertiary/aromatic N) is 1. The summed E-state index contributed by atoms with van der Waals surface area (Å²) in [5.41, 5.74) is -1.14. The molecule has 0 aliphatic carbocycles. The number of nitrogens with one attached hydrogen (secondary N) is 3. The normalized spacial score (nSPS) is 26.1. The SMILES string of the molecule is COc1ccc(S(=O)(=O)N(C)C2CCNC2)cc1C1(C)NC(=O)NC1=O. The van der Waals surface area contributed by atoms with Crippen LogP contribution in [-0.2, 0) is 20.4 Å². The van der Waals surface area contributed by atoms with Crippen LogP contribution in [0.3, 0.4) is 0 Å². The molecule has 9 nitrogen and oxygen atoms in total. The molecule has 2 unspecified atom stereocenters. The van der Waals surface area contributed by atoms with E-state index in [-0.39, 0.29) is 16.5 Å². The molecule has 10 heteroatoms. The largest absolute Gasteiger partial charge is 0.496 e. The molecule has 2 heterocycles. The van der Waals surface area contributed by atoms with E-state index in [9.17, 15) is 18.0 Å². The molecule has 2 aliphatic rings. The van der Waals surface area contributed by atoms with E-state index >= 15 is 0 Å². The van der Waals surface area contributed by atoms with Crippen LogP contribution in [0, 0.1) is 0 Å². The van der Waals surface area contributed by atoms with Crippen molar-refractivity contribution >= 4 is 22.0 Å². The summed E-state index contributed by atoms with van der Waals surface area (Å²) in [6.07, 6.45) is 0.731. The lowest BCUT2D eigenvalue weighted by molar-refractivity contribution is -0.123. The monoisotopic (exact) mass is 382 g/mol. The van der Waals surface area contributed by atoms with Crippen molar-refractivity contribution < 1.29 is 22.7 Å². The highest BCUT2D eigenvalue weighted by molar-refractivity contribution is 7.89. The first-order chi connectivity index (χ1) is 12.2. The van der Waals surface area contributed by atoms with Crippen LogP contribution >= 0.6 is 0 Å². The maximum atomic E-state index is 13.0. The third-order valence-electron chi connectivity index (χ3n) is 4.98. The first-order valence-corrected chi connectivity index (χ1v) is 9.65. The Bertz CT molecular complexity index is 850. The molecular weight excluding hydrogens is 360 g/mol. The van der Waals surface area contributed by atoms with Gasteiger partial charge in [0.2, 0.25) is 10.0 Å². The molecule has 0 bridgehead atoms. The second-order valence-electron chi connectivity index (χ2n) is 6.56. The van der Waals surface area contributed by atoms with Crippen molar-refractivity contribution in [3.05, 3.63) is 23.8 Å². The summed E-state index contributed by atoms with van der Waals surface area (Å²) in [6.45, 7) is 2.86. The Kier molecular flexibility index (Phi) is 4.67. The fourth-order valence-electron chi connectivity index (χ4n) is 3.28. The number of amides is 3. The third-order valence-corrected chi connectivity index (χ3v) is 6.89. The number of imide groups is 1. The molecule has 3 rings (SSSR count). The minimum Gasteiger partial charge on any atom is -0.496 e. The number of carbonyl (C=O) groups is 2. The summed E-state index contributed by atoms with van der Waals surface area (Å²) in [4.78, 5) is 23.9. The number of hydrogen-bond donors (Lipinski definition) is 3. The van der Waals surface area contributed by atoms with Gasteiger partial charge in [-0.1, -0.05) is 0 Å². The van der Waals surface area contributed by atoms with E-state index < -0.39 is 27.5 Å². The molecule has 1 aromatic carbocycles. The number of hydrogen-bond acceptors (Lipinski definition) is 6. The van der Waals surface area contributed by atoms with Gasteiger partial charge in [0.15, 0.2) is 0 Å². The Labute approximate surface area is 152 Å². The molecule has 2 atom stereocenters. The highest BCUT2D eigenvalue weighted by Gasteiger charge is 2.46. The molecule has 0 saturated carbocycles. The number of ether oxygens (including phenoxy) is 1. The first-order valence-electron chi connectivity index (χ1n) is 8.21. The van der Waals surface area contributed by atoms with Gasteiger partial charge >= 0.3 is 6.03 Å². The van der Waals surface area contributed by atoms with E-state index in [4.69, 9.17) is 4.74 Å². The highest BCUT2D eigenvalue weighted by atomic mass is 32.2. The average molecular weight is 382 g/mol. The quantitative estimate of drug-likeness (QED) is 0.604. The summed E-state index contributed by atoms with van der Waals surface area (Å²) in [5, 5.41) is 7.85. The lowest BCUT2D eigenvalue weighted by atomic mass is 9.91. The van der Waals surface area contributed by atoms with E-state index in [2.05, 4.69) is 16.0 Å². The average Bonchev–Trinajstić information content (AvgIpc) is 3.22. The predicted molar refractivity (Wildman–Crippen MR) is 93.2 cm³/mol. The Morgan fingerprint density at radius 3 is 2.58 bits per heavy atom. The smallest absolute Gasteiger partial charge is 0.322 e. The van der Waals surface area contributed by atoms with Crippen molar-refractivity contribution in [2.45, 2.75) is 29.8 Å². The van der Waals surface area contributed by atoms with E-state index in [1.165, 1.54) is 36.5 Å². The van der Waals surface area contributed by atoms with Crippen molar-refractivity contribution in [2.75, 3.05) is 27.2 Å². The van der Waals surface area contributed by atoms with Crippen molar-refractivity contribution in [3.8, 4) is 5.75 Å². The molecule has 0 aromatic heterocycles. The molecule has 3 N–H and O–H groups in total. The van der Waals surface area contributed by atoms with Crippen LogP contribution in [0.25, 0.3) is 0 Å². The van der Waals surface area contributed by atoms with Gasteiger partial charge in [0.05, 0.1) is 12.0 Å². The van der Waals surface area contributed by atoms with Gasteiger partial charge in [-0.15, -0.1) is 0 Å². The fourth-order valence-corrected chi connectivity index (χ4v) is 4.70. The van der Waals surface area contributed by atoms with Crippen molar-refractivity contribution in [1.82, 2.24) is 20.3 Å². The summed E-state index contributed by atoms with van der Waals surface area (Å²) in [7, 11) is -0.801. The lowest BCUT2D eigenvalue weighted by Crippen LogP contribution is -2.41. The van der Waals surface area contributed by atoms with Gasteiger partial charge in [0.1, 0.15) is 11.3 Å². The van der Waals surface area contributed by atoms with Gasteiger partial charge in [0, 0.05) is 25.2 Å². The predicted octanol–water partition coefficient (Wildman–Crippen LogP) is -0.268. The molecular formula is C16H22N4O5S. The molecule has 0 spiro atoms. The van der Waals surface area contributed by atoms with Crippen LogP contribution < -0.4 is 20.7 Å². The zero-order chi connectivity index (χ0) is 19.1. The van der Waals surface area contributed by atoms with E-state index in [1.54, 1.807) is 7.05 Å². The van der Waals surface area contributed by atoms with Gasteiger partial charge in [-0.05, 0) is 38.1 Å².